The molecule has 0 radical (unpaired) electrons. The molecular formula is C10H9NO3. The summed E-state index contributed by atoms with van der Waals surface area (Å²) in [5, 5.41) is 18.4. The van der Waals surface area contributed by atoms with Gasteiger partial charge in [0.25, 0.3) is 0 Å². The number of aliphatic hydroxyl groups is 1. The molecule has 0 fully saturated rings. The topological polar surface area (TPSA) is 69.9 Å². The third-order valence-corrected chi connectivity index (χ3v) is 2.30. The number of aliphatic hydroxyl groups excluding tert-OH is 1. The van der Waals surface area contributed by atoms with Crippen LogP contribution in [-0.2, 0) is 4.79 Å². The molecule has 2 unspecified atom stereocenters. The summed E-state index contributed by atoms with van der Waals surface area (Å²) in [5.41, 5.74) is -0.119. The molecule has 2 atom stereocenters. The SMILES string of the molecule is O=C(O)C1=C(O)C2C=CC=CC2N=C1. The van der Waals surface area contributed by atoms with Gasteiger partial charge in [-0.05, 0) is 0 Å². The number of carbonyl (C=O) groups is 1. The summed E-state index contributed by atoms with van der Waals surface area (Å²) in [5.74, 6) is -1.58. The highest BCUT2D eigenvalue weighted by Gasteiger charge is 2.29. The highest BCUT2D eigenvalue weighted by molar-refractivity contribution is 6.09. The molecule has 1 aliphatic heterocycles. The number of carboxylic acid groups (broad SMARTS) is 1. The first kappa shape index (κ1) is 8.74. The van der Waals surface area contributed by atoms with E-state index in [0.29, 0.717) is 0 Å². The van der Waals surface area contributed by atoms with Crippen LogP contribution in [0, 0.1) is 5.92 Å². The van der Waals surface area contributed by atoms with Gasteiger partial charge in [-0.3, -0.25) is 4.99 Å². The summed E-state index contributed by atoms with van der Waals surface area (Å²) in [4.78, 5) is 14.7. The van der Waals surface area contributed by atoms with Crippen LogP contribution in [0.4, 0.5) is 0 Å². The van der Waals surface area contributed by atoms with E-state index >= 15 is 0 Å². The average Bonchev–Trinajstić information content (AvgIpc) is 2.18. The minimum Gasteiger partial charge on any atom is -0.511 e. The largest absolute Gasteiger partial charge is 0.511 e. The van der Waals surface area contributed by atoms with Crippen LogP contribution in [0.5, 0.6) is 0 Å². The lowest BCUT2D eigenvalue weighted by atomic mass is 9.89. The molecule has 0 bridgehead atoms. The van der Waals surface area contributed by atoms with Crippen molar-refractivity contribution in [3.63, 3.8) is 0 Å². The summed E-state index contributed by atoms with van der Waals surface area (Å²) < 4.78 is 0. The molecule has 14 heavy (non-hydrogen) atoms. The van der Waals surface area contributed by atoms with Gasteiger partial charge < -0.3 is 10.2 Å². The molecule has 0 saturated carbocycles. The Morgan fingerprint density at radius 2 is 2.07 bits per heavy atom. The van der Waals surface area contributed by atoms with Crippen molar-refractivity contribution in [3.8, 4) is 0 Å². The maximum Gasteiger partial charge on any atom is 0.340 e. The van der Waals surface area contributed by atoms with Gasteiger partial charge in [0, 0.05) is 6.21 Å². The van der Waals surface area contributed by atoms with E-state index in [1.807, 2.05) is 12.2 Å². The van der Waals surface area contributed by atoms with Crippen LogP contribution in [0.25, 0.3) is 0 Å². The number of allylic oxidation sites excluding steroid dienone is 2. The van der Waals surface area contributed by atoms with Gasteiger partial charge in [0.15, 0.2) is 0 Å². The van der Waals surface area contributed by atoms with Crippen LogP contribution in [0.3, 0.4) is 0 Å². The molecule has 2 rings (SSSR count). The van der Waals surface area contributed by atoms with E-state index in [0.717, 1.165) is 0 Å². The number of rotatable bonds is 1. The Balaban J connectivity index is 2.40. The van der Waals surface area contributed by atoms with Crippen molar-refractivity contribution in [2.75, 3.05) is 0 Å². The average molecular weight is 191 g/mol. The molecule has 0 amide bonds. The Morgan fingerprint density at radius 3 is 2.79 bits per heavy atom. The first-order valence-corrected chi connectivity index (χ1v) is 4.25. The van der Waals surface area contributed by atoms with Crippen molar-refractivity contribution in [1.82, 2.24) is 0 Å². The summed E-state index contributed by atoms with van der Waals surface area (Å²) in [7, 11) is 0. The number of aliphatic imine (C=N–C) groups is 1. The van der Waals surface area contributed by atoms with E-state index in [4.69, 9.17) is 5.11 Å². The molecule has 0 aromatic heterocycles. The zero-order valence-electron chi connectivity index (χ0n) is 7.29. The molecule has 2 aliphatic rings. The van der Waals surface area contributed by atoms with E-state index in [9.17, 15) is 9.90 Å². The van der Waals surface area contributed by atoms with Gasteiger partial charge in [0.2, 0.25) is 0 Å². The highest BCUT2D eigenvalue weighted by atomic mass is 16.4. The molecule has 4 nitrogen and oxygen atoms in total. The molecule has 0 aromatic rings. The van der Waals surface area contributed by atoms with Gasteiger partial charge >= 0.3 is 5.97 Å². The maximum absolute atomic E-state index is 10.7. The number of dihydropyridines is 1. The van der Waals surface area contributed by atoms with E-state index in [1.165, 1.54) is 6.21 Å². The maximum atomic E-state index is 10.7. The molecule has 0 saturated heterocycles. The molecule has 0 aromatic carbocycles. The number of carboxylic acids is 1. The van der Waals surface area contributed by atoms with E-state index in [1.54, 1.807) is 12.2 Å². The molecule has 2 N–H and O–H groups in total. The Labute approximate surface area is 80.6 Å². The first-order valence-electron chi connectivity index (χ1n) is 4.25. The number of fused-ring (bicyclic) bond motifs is 1. The minimum absolute atomic E-state index is 0.113. The standard InChI is InChI=1S/C10H9NO3/c12-9-6-3-1-2-4-8(6)11-5-7(9)10(13)14/h1-6,8,12H,(H,13,14). The normalized spacial score (nSPS) is 29.1. The Bertz CT molecular complexity index is 390. The van der Waals surface area contributed by atoms with Gasteiger partial charge in [0.1, 0.15) is 11.3 Å². The van der Waals surface area contributed by atoms with Crippen molar-refractivity contribution < 1.29 is 15.0 Å². The van der Waals surface area contributed by atoms with Gasteiger partial charge in [-0.1, -0.05) is 24.3 Å². The van der Waals surface area contributed by atoms with Gasteiger partial charge in [0.05, 0.1) is 12.0 Å². The predicted octanol–water partition coefficient (Wildman–Crippen LogP) is 1.08. The van der Waals surface area contributed by atoms with Crippen LogP contribution in [-0.4, -0.2) is 28.4 Å². The van der Waals surface area contributed by atoms with Crippen molar-refractivity contribution >= 4 is 12.2 Å². The third-order valence-electron chi connectivity index (χ3n) is 2.30. The monoisotopic (exact) mass is 191 g/mol. The van der Waals surface area contributed by atoms with Gasteiger partial charge in [-0.2, -0.15) is 0 Å². The molecule has 72 valence electrons. The van der Waals surface area contributed by atoms with Gasteiger partial charge in [-0.15, -0.1) is 0 Å². The second-order valence-corrected chi connectivity index (χ2v) is 3.17. The fraction of sp³-hybridized carbons (Fsp3) is 0.200. The Hall–Kier alpha value is -1.84. The zero-order chi connectivity index (χ0) is 10.1. The van der Waals surface area contributed by atoms with E-state index in [-0.39, 0.29) is 23.3 Å². The lowest BCUT2D eigenvalue weighted by molar-refractivity contribution is -0.132. The predicted molar refractivity (Wildman–Crippen MR) is 51.3 cm³/mol. The first-order chi connectivity index (χ1) is 6.70. The van der Waals surface area contributed by atoms with E-state index in [2.05, 4.69) is 4.99 Å². The highest BCUT2D eigenvalue weighted by Crippen LogP contribution is 2.27. The van der Waals surface area contributed by atoms with Crippen LogP contribution in [0.1, 0.15) is 0 Å². The fourth-order valence-corrected chi connectivity index (χ4v) is 1.56. The molecule has 4 heteroatoms. The molecule has 0 spiro atoms. The van der Waals surface area contributed by atoms with Crippen LogP contribution >= 0.6 is 0 Å². The number of hydrogen-bond acceptors (Lipinski definition) is 3. The smallest absolute Gasteiger partial charge is 0.340 e. The van der Waals surface area contributed by atoms with Gasteiger partial charge in [-0.25, -0.2) is 4.79 Å². The van der Waals surface area contributed by atoms with Crippen molar-refractivity contribution in [2.24, 2.45) is 10.9 Å². The summed E-state index contributed by atoms with van der Waals surface area (Å²) >= 11 is 0. The van der Waals surface area contributed by atoms with Crippen molar-refractivity contribution in [2.45, 2.75) is 6.04 Å². The summed E-state index contributed by atoms with van der Waals surface area (Å²) in [6.45, 7) is 0. The van der Waals surface area contributed by atoms with Crippen LogP contribution < -0.4 is 0 Å². The quantitative estimate of drug-likeness (QED) is 0.651. The molecule has 1 heterocycles. The second-order valence-electron chi connectivity index (χ2n) is 3.17. The van der Waals surface area contributed by atoms with Crippen LogP contribution in [0.15, 0.2) is 40.6 Å². The van der Waals surface area contributed by atoms with Crippen molar-refractivity contribution in [1.29, 1.82) is 0 Å². The second kappa shape index (κ2) is 3.14. The fourth-order valence-electron chi connectivity index (χ4n) is 1.56. The summed E-state index contributed by atoms with van der Waals surface area (Å²) in [6, 6.07) is -0.164. The third kappa shape index (κ3) is 1.25. The Kier molecular flexibility index (Phi) is 1.96. The minimum atomic E-state index is -1.15. The number of hydrogen-bond donors (Lipinski definition) is 2. The molecule has 1 aliphatic carbocycles. The van der Waals surface area contributed by atoms with Crippen LogP contribution in [0.2, 0.25) is 0 Å². The Morgan fingerprint density at radius 1 is 1.36 bits per heavy atom. The zero-order valence-corrected chi connectivity index (χ0v) is 7.29. The number of aliphatic carboxylic acids is 1. The van der Waals surface area contributed by atoms with E-state index < -0.39 is 5.97 Å². The summed E-state index contributed by atoms with van der Waals surface area (Å²) in [6.07, 6.45) is 8.40. The molecular weight excluding hydrogens is 182 g/mol. The lowest BCUT2D eigenvalue weighted by Gasteiger charge is -2.24. The van der Waals surface area contributed by atoms with Crippen molar-refractivity contribution in [3.05, 3.63) is 35.6 Å². The lowest BCUT2D eigenvalue weighted by Crippen LogP contribution is -2.26. The number of nitrogens with zero attached hydrogens (tertiary/aromatic N) is 1.